The van der Waals surface area contributed by atoms with Gasteiger partial charge in [0.2, 0.25) is 5.91 Å². The third-order valence-corrected chi connectivity index (χ3v) is 7.79. The van der Waals surface area contributed by atoms with E-state index in [0.717, 1.165) is 17.0 Å². The summed E-state index contributed by atoms with van der Waals surface area (Å²) in [6.07, 6.45) is -3.88. The number of ether oxygens (including phenoxy) is 2. The van der Waals surface area contributed by atoms with E-state index in [0.29, 0.717) is 11.1 Å². The Balaban J connectivity index is 1.95. The second-order valence-corrected chi connectivity index (χ2v) is 13.5. The van der Waals surface area contributed by atoms with E-state index in [9.17, 15) is 41.1 Å². The number of aliphatic hydroxyl groups is 1. The molecule has 49 heavy (non-hydrogen) atoms. The molecule has 0 aliphatic rings. The number of primary amides is 1. The number of alkyl halides is 3. The largest absolute Gasteiger partial charge is 0.534 e. The average molecular weight is 710 g/mol. The number of aliphatic hydroxyl groups excluding tert-OH is 1. The number of benzene rings is 3. The first-order valence-corrected chi connectivity index (χ1v) is 16.3. The van der Waals surface area contributed by atoms with E-state index in [1.165, 1.54) is 12.1 Å². The van der Waals surface area contributed by atoms with Crippen LogP contribution in [0.4, 0.5) is 22.8 Å². The van der Waals surface area contributed by atoms with Crippen molar-refractivity contribution >= 4 is 28.2 Å². The summed E-state index contributed by atoms with van der Waals surface area (Å²) in [5.74, 6) is -1.79. The highest BCUT2D eigenvalue weighted by molar-refractivity contribution is 7.88. The molecule has 0 saturated carbocycles. The summed E-state index contributed by atoms with van der Waals surface area (Å²) >= 11 is 0. The lowest BCUT2D eigenvalue weighted by Crippen LogP contribution is -2.56. The molecule has 3 atom stereocenters. The molecule has 3 amide bonds. The van der Waals surface area contributed by atoms with Gasteiger partial charge in [-0.1, -0.05) is 72.8 Å². The first-order chi connectivity index (χ1) is 22.8. The van der Waals surface area contributed by atoms with Gasteiger partial charge in [0, 0.05) is 6.42 Å². The maximum absolute atomic E-state index is 13.6. The summed E-state index contributed by atoms with van der Waals surface area (Å²) in [4.78, 5) is 40.1. The molecule has 0 aliphatic heterocycles. The van der Waals surface area contributed by atoms with Crippen molar-refractivity contribution in [2.24, 2.45) is 5.73 Å². The smallest absolute Gasteiger partial charge is 0.445 e. The highest BCUT2D eigenvalue weighted by Crippen LogP contribution is 2.28. The minimum absolute atomic E-state index is 0.0572. The summed E-state index contributed by atoms with van der Waals surface area (Å²) in [6.45, 7) is 4.09. The molecule has 0 aliphatic carbocycles. The molecule has 0 unspecified atom stereocenters. The van der Waals surface area contributed by atoms with Gasteiger partial charge in [0.15, 0.2) is 0 Å². The SMILES string of the molecule is CC(C)(C)OC(=O)N[C@@H](Cc1ccccc1)[C@@H](O)CN(C(=O)OCc1ccccc1)[C@@H](Cc1cccc(OS(=O)(=O)C(F)(F)F)c1)C(N)=O. The van der Waals surface area contributed by atoms with Crippen LogP contribution in [-0.2, 0) is 43.8 Å². The van der Waals surface area contributed by atoms with Gasteiger partial charge in [0.25, 0.3) is 0 Å². The Morgan fingerprint density at radius 2 is 1.45 bits per heavy atom. The van der Waals surface area contributed by atoms with Gasteiger partial charge in [-0.2, -0.15) is 21.6 Å². The maximum Gasteiger partial charge on any atom is 0.534 e. The molecule has 16 heteroatoms. The Hall–Kier alpha value is -4.83. The molecule has 4 N–H and O–H groups in total. The molecule has 0 bridgehead atoms. The molecule has 3 aromatic carbocycles. The Kier molecular flexibility index (Phi) is 13.0. The number of nitrogens with zero attached hydrogens (tertiary/aromatic N) is 1. The highest BCUT2D eigenvalue weighted by Gasteiger charge is 2.48. The predicted molar refractivity (Wildman–Crippen MR) is 171 cm³/mol. The summed E-state index contributed by atoms with van der Waals surface area (Å²) in [5, 5.41) is 14.1. The van der Waals surface area contributed by atoms with Crippen molar-refractivity contribution in [3.05, 3.63) is 102 Å². The van der Waals surface area contributed by atoms with Crippen LogP contribution in [0.15, 0.2) is 84.9 Å². The number of carbonyl (C=O) groups excluding carboxylic acids is 3. The zero-order valence-electron chi connectivity index (χ0n) is 26.9. The van der Waals surface area contributed by atoms with Crippen LogP contribution < -0.4 is 15.2 Å². The van der Waals surface area contributed by atoms with Crippen molar-refractivity contribution < 1.29 is 54.7 Å². The zero-order chi connectivity index (χ0) is 36.4. The number of carbonyl (C=O) groups is 3. The van der Waals surface area contributed by atoms with E-state index in [1.54, 1.807) is 81.4 Å². The van der Waals surface area contributed by atoms with Crippen LogP contribution in [0, 0.1) is 0 Å². The van der Waals surface area contributed by atoms with E-state index in [2.05, 4.69) is 9.50 Å². The van der Waals surface area contributed by atoms with E-state index < -0.39 is 76.2 Å². The van der Waals surface area contributed by atoms with Crippen LogP contribution in [0.3, 0.4) is 0 Å². The second-order valence-electron chi connectivity index (χ2n) is 12.0. The minimum atomic E-state index is -6.00. The Labute approximate surface area is 282 Å². The van der Waals surface area contributed by atoms with Crippen LogP contribution in [0.1, 0.15) is 37.5 Å². The predicted octanol–water partition coefficient (Wildman–Crippen LogP) is 4.45. The van der Waals surface area contributed by atoms with E-state index in [4.69, 9.17) is 15.2 Å². The normalized spacial score (nSPS) is 13.8. The molecule has 266 valence electrons. The molecule has 0 aromatic heterocycles. The molecule has 0 fully saturated rings. The summed E-state index contributed by atoms with van der Waals surface area (Å²) < 4.78 is 76.9. The molecule has 3 aromatic rings. The third kappa shape index (κ3) is 12.3. The number of hydrogen-bond donors (Lipinski definition) is 3. The first-order valence-electron chi connectivity index (χ1n) is 14.9. The van der Waals surface area contributed by atoms with Gasteiger partial charge in [-0.05, 0) is 56.0 Å². The highest BCUT2D eigenvalue weighted by atomic mass is 32.2. The van der Waals surface area contributed by atoms with Gasteiger partial charge in [0.05, 0.1) is 18.7 Å². The van der Waals surface area contributed by atoms with Crippen LogP contribution in [0.25, 0.3) is 0 Å². The Morgan fingerprint density at radius 1 is 0.878 bits per heavy atom. The first kappa shape index (κ1) is 38.6. The van der Waals surface area contributed by atoms with E-state index in [1.807, 2.05) is 0 Å². The second kappa shape index (κ2) is 16.5. The average Bonchev–Trinajstić information content (AvgIpc) is 3.00. The van der Waals surface area contributed by atoms with E-state index in [-0.39, 0.29) is 18.6 Å². The van der Waals surface area contributed by atoms with E-state index >= 15 is 0 Å². The van der Waals surface area contributed by atoms with Crippen molar-refractivity contribution in [3.63, 3.8) is 0 Å². The Bertz CT molecular complexity index is 1670. The minimum Gasteiger partial charge on any atom is -0.445 e. The molecule has 0 saturated heterocycles. The number of alkyl carbamates (subject to hydrolysis) is 1. The fraction of sp³-hybridized carbons (Fsp3) is 0.364. The maximum atomic E-state index is 13.6. The monoisotopic (exact) mass is 709 g/mol. The van der Waals surface area contributed by atoms with Crippen LogP contribution >= 0.6 is 0 Å². The van der Waals surface area contributed by atoms with Crippen LogP contribution in [-0.4, -0.2) is 72.4 Å². The molecular weight excluding hydrogens is 671 g/mol. The van der Waals surface area contributed by atoms with Gasteiger partial charge < -0.3 is 29.8 Å². The molecular formula is C33H38F3N3O9S. The number of halogens is 3. The van der Waals surface area contributed by atoms with Gasteiger partial charge in [-0.3, -0.25) is 9.69 Å². The summed E-state index contributed by atoms with van der Waals surface area (Å²) in [7, 11) is -6.00. The third-order valence-electron chi connectivity index (χ3n) is 6.81. The van der Waals surface area contributed by atoms with Gasteiger partial charge in [-0.25, -0.2) is 9.59 Å². The molecule has 12 nitrogen and oxygen atoms in total. The van der Waals surface area contributed by atoms with Crippen molar-refractivity contribution in [3.8, 4) is 5.75 Å². The van der Waals surface area contributed by atoms with Crippen LogP contribution in [0.2, 0.25) is 0 Å². The van der Waals surface area contributed by atoms with Gasteiger partial charge >= 0.3 is 27.8 Å². The Morgan fingerprint density at radius 3 is 2.00 bits per heavy atom. The fourth-order valence-electron chi connectivity index (χ4n) is 4.56. The molecule has 0 heterocycles. The van der Waals surface area contributed by atoms with Gasteiger partial charge in [-0.15, -0.1) is 0 Å². The van der Waals surface area contributed by atoms with Crippen LogP contribution in [0.5, 0.6) is 5.75 Å². The molecule has 3 rings (SSSR count). The van der Waals surface area contributed by atoms with Crippen molar-refractivity contribution in [2.75, 3.05) is 6.54 Å². The summed E-state index contributed by atoms with van der Waals surface area (Å²) in [5.41, 5.74) is 0.497. The number of rotatable bonds is 14. The lowest BCUT2D eigenvalue weighted by molar-refractivity contribution is -0.123. The number of amides is 3. The topological polar surface area (TPSA) is 175 Å². The van der Waals surface area contributed by atoms with Gasteiger partial charge in [0.1, 0.15) is 24.0 Å². The van der Waals surface area contributed by atoms with Crippen molar-refractivity contribution in [2.45, 2.75) is 69.5 Å². The number of hydrogen-bond acceptors (Lipinski definition) is 9. The van der Waals surface area contributed by atoms with Crippen molar-refractivity contribution in [1.29, 1.82) is 0 Å². The number of nitrogens with one attached hydrogen (secondary N) is 1. The standard InChI is InChI=1S/C33H38F3N3O9S/c1-32(2,3)47-30(42)38-26(18-22-11-6-4-7-12-22)28(40)20-39(31(43)46-21-23-13-8-5-9-14-23)27(29(37)41)19-24-15-10-16-25(17-24)48-49(44,45)33(34,35)36/h4-17,26-28,40H,18-21H2,1-3H3,(H2,37,41)(H,38,42)/t26-,27-,28-/m0/s1. The van der Waals surface area contributed by atoms with Crippen molar-refractivity contribution in [1.82, 2.24) is 10.2 Å². The lowest BCUT2D eigenvalue weighted by atomic mass is 9.99. The molecule has 0 spiro atoms. The fourth-order valence-corrected chi connectivity index (χ4v) is 5.01. The lowest BCUT2D eigenvalue weighted by Gasteiger charge is -2.34. The molecule has 0 radical (unpaired) electrons. The quantitative estimate of drug-likeness (QED) is 0.161. The summed E-state index contributed by atoms with van der Waals surface area (Å²) in [6, 6.07) is 19.1. The number of nitrogens with two attached hydrogens (primary N) is 1. The zero-order valence-corrected chi connectivity index (χ0v) is 27.7.